The molecule has 1 amide bonds. The number of hydrogen-bond donors (Lipinski definition) is 0. The van der Waals surface area contributed by atoms with Crippen molar-refractivity contribution in [2.45, 2.75) is 39.3 Å². The number of nitrogens with zero attached hydrogens (tertiary/aromatic N) is 2. The molecule has 0 aromatic heterocycles. The maximum Gasteiger partial charge on any atom is 0.224 e. The maximum atomic E-state index is 12.1. The Morgan fingerprint density at radius 3 is 2.61 bits per heavy atom. The zero-order valence-electron chi connectivity index (χ0n) is 14.3. The first-order valence-electron chi connectivity index (χ1n) is 8.17. The second-order valence-electron chi connectivity index (χ2n) is 6.50. The van der Waals surface area contributed by atoms with Crippen LogP contribution in [0.3, 0.4) is 0 Å². The van der Waals surface area contributed by atoms with Gasteiger partial charge in [-0.15, -0.1) is 0 Å². The number of carbonyl (C=O) groups excluding carboxylic acids is 1. The van der Waals surface area contributed by atoms with Gasteiger partial charge in [0.1, 0.15) is 0 Å². The molecule has 120 valence electrons. The molecule has 3 rings (SSSR count). The Balaban J connectivity index is 2.03. The van der Waals surface area contributed by atoms with Gasteiger partial charge in [0.05, 0.1) is 6.04 Å². The highest BCUT2D eigenvalue weighted by Gasteiger charge is 2.34. The third-order valence-electron chi connectivity index (χ3n) is 4.78. The molecular formula is C20H24N2O. The zero-order chi connectivity index (χ0) is 16.6. The lowest BCUT2D eigenvalue weighted by molar-refractivity contribution is -0.117. The average molecular weight is 308 g/mol. The molecule has 0 saturated heterocycles. The number of anilines is 2. The van der Waals surface area contributed by atoms with Gasteiger partial charge >= 0.3 is 0 Å². The molecule has 0 aliphatic carbocycles. The number of aryl methyl sites for hydroxylation is 1. The molecule has 2 aromatic carbocycles. The van der Waals surface area contributed by atoms with Gasteiger partial charge in [0, 0.05) is 31.4 Å². The predicted molar refractivity (Wildman–Crippen MR) is 96.0 cm³/mol. The first-order valence-corrected chi connectivity index (χ1v) is 8.17. The minimum absolute atomic E-state index is 0.113. The predicted octanol–water partition coefficient (Wildman–Crippen LogP) is 4.32. The second-order valence-corrected chi connectivity index (χ2v) is 6.50. The topological polar surface area (TPSA) is 23.6 Å². The summed E-state index contributed by atoms with van der Waals surface area (Å²) in [4.78, 5) is 16.3. The molecule has 0 N–H and O–H groups in total. The normalized spacial score (nSPS) is 20.1. The van der Waals surface area contributed by atoms with Crippen LogP contribution >= 0.6 is 0 Å². The van der Waals surface area contributed by atoms with Crippen molar-refractivity contribution in [3.05, 3.63) is 59.7 Å². The van der Waals surface area contributed by atoms with E-state index in [-0.39, 0.29) is 18.0 Å². The highest BCUT2D eigenvalue weighted by molar-refractivity contribution is 5.93. The van der Waals surface area contributed by atoms with Crippen LogP contribution in [0.25, 0.3) is 0 Å². The average Bonchev–Trinajstić information content (AvgIpc) is 2.53. The summed E-state index contributed by atoms with van der Waals surface area (Å²) in [5, 5.41) is 0. The van der Waals surface area contributed by atoms with Gasteiger partial charge in [-0.1, -0.05) is 30.3 Å². The van der Waals surface area contributed by atoms with Gasteiger partial charge in [-0.25, -0.2) is 0 Å². The molecule has 1 aliphatic rings. The molecular weight excluding hydrogens is 284 g/mol. The van der Waals surface area contributed by atoms with Crippen LogP contribution in [-0.4, -0.2) is 19.0 Å². The van der Waals surface area contributed by atoms with Gasteiger partial charge in [-0.05, 0) is 49.6 Å². The van der Waals surface area contributed by atoms with E-state index in [1.54, 1.807) is 6.92 Å². The van der Waals surface area contributed by atoms with E-state index in [0.29, 0.717) is 0 Å². The number of para-hydroxylation sites is 1. The summed E-state index contributed by atoms with van der Waals surface area (Å²) in [5.41, 5.74) is 4.75. The lowest BCUT2D eigenvalue weighted by Crippen LogP contribution is -2.45. The molecule has 0 saturated carbocycles. The van der Waals surface area contributed by atoms with E-state index in [1.807, 2.05) is 11.0 Å². The highest BCUT2D eigenvalue weighted by Crippen LogP contribution is 2.41. The number of rotatable bonds is 2. The van der Waals surface area contributed by atoms with Crippen LogP contribution in [0.2, 0.25) is 0 Å². The summed E-state index contributed by atoms with van der Waals surface area (Å²) in [6.07, 6.45) is 0.932. The van der Waals surface area contributed by atoms with Crippen molar-refractivity contribution in [2.75, 3.05) is 16.8 Å². The fourth-order valence-corrected chi connectivity index (χ4v) is 3.66. The van der Waals surface area contributed by atoms with Crippen LogP contribution in [0, 0.1) is 6.92 Å². The van der Waals surface area contributed by atoms with Gasteiger partial charge < -0.3 is 9.80 Å². The molecule has 1 heterocycles. The molecule has 0 radical (unpaired) electrons. The van der Waals surface area contributed by atoms with E-state index < -0.39 is 0 Å². The Hall–Kier alpha value is -2.29. The molecule has 0 fully saturated rings. The van der Waals surface area contributed by atoms with Gasteiger partial charge in [-0.3, -0.25) is 4.79 Å². The van der Waals surface area contributed by atoms with Crippen LogP contribution in [-0.2, 0) is 4.79 Å². The van der Waals surface area contributed by atoms with E-state index >= 15 is 0 Å². The summed E-state index contributed by atoms with van der Waals surface area (Å²) in [5.74, 6) is 0.113. The Labute approximate surface area is 138 Å². The molecule has 2 aromatic rings. The SMILES string of the molecule is CC(=O)N1c2ccccc2[C@@H](N(C)c2cccc(C)c2)C[C@H]1C. The monoisotopic (exact) mass is 308 g/mol. The van der Waals surface area contributed by atoms with Crippen molar-refractivity contribution in [1.29, 1.82) is 0 Å². The highest BCUT2D eigenvalue weighted by atomic mass is 16.2. The molecule has 0 bridgehead atoms. The summed E-state index contributed by atoms with van der Waals surface area (Å²) < 4.78 is 0. The van der Waals surface area contributed by atoms with E-state index in [1.165, 1.54) is 16.8 Å². The number of fused-ring (bicyclic) bond motifs is 1. The maximum absolute atomic E-state index is 12.1. The van der Waals surface area contributed by atoms with Crippen LogP contribution in [0.15, 0.2) is 48.5 Å². The van der Waals surface area contributed by atoms with Crippen molar-refractivity contribution in [3.63, 3.8) is 0 Å². The van der Waals surface area contributed by atoms with Crippen molar-refractivity contribution in [3.8, 4) is 0 Å². The Bertz CT molecular complexity index is 725. The molecule has 3 heteroatoms. The van der Waals surface area contributed by atoms with Gasteiger partial charge in [0.15, 0.2) is 0 Å². The molecule has 3 nitrogen and oxygen atoms in total. The van der Waals surface area contributed by atoms with Crippen LogP contribution in [0.4, 0.5) is 11.4 Å². The van der Waals surface area contributed by atoms with Crippen molar-refractivity contribution < 1.29 is 4.79 Å². The molecule has 23 heavy (non-hydrogen) atoms. The Morgan fingerprint density at radius 2 is 1.91 bits per heavy atom. The number of amides is 1. The van der Waals surface area contributed by atoms with E-state index in [9.17, 15) is 4.79 Å². The Kier molecular flexibility index (Phi) is 4.12. The molecule has 1 aliphatic heterocycles. The lowest BCUT2D eigenvalue weighted by atomic mass is 9.90. The van der Waals surface area contributed by atoms with Crippen molar-refractivity contribution >= 4 is 17.3 Å². The van der Waals surface area contributed by atoms with Crippen molar-refractivity contribution in [1.82, 2.24) is 0 Å². The number of hydrogen-bond acceptors (Lipinski definition) is 2. The van der Waals surface area contributed by atoms with Crippen LogP contribution in [0.5, 0.6) is 0 Å². The summed E-state index contributed by atoms with van der Waals surface area (Å²) >= 11 is 0. The minimum atomic E-state index is 0.113. The minimum Gasteiger partial charge on any atom is -0.367 e. The van der Waals surface area contributed by atoms with Gasteiger partial charge in [0.2, 0.25) is 5.91 Å². The van der Waals surface area contributed by atoms with E-state index in [2.05, 4.69) is 68.3 Å². The zero-order valence-corrected chi connectivity index (χ0v) is 14.3. The van der Waals surface area contributed by atoms with Gasteiger partial charge in [0.25, 0.3) is 0 Å². The third kappa shape index (κ3) is 2.83. The van der Waals surface area contributed by atoms with Gasteiger partial charge in [-0.2, -0.15) is 0 Å². The fraction of sp³-hybridized carbons (Fsp3) is 0.350. The summed E-state index contributed by atoms with van der Waals surface area (Å²) in [6.45, 7) is 5.90. The molecule has 2 atom stereocenters. The Morgan fingerprint density at radius 1 is 1.17 bits per heavy atom. The quantitative estimate of drug-likeness (QED) is 0.825. The first-order chi connectivity index (χ1) is 11.0. The third-order valence-corrected chi connectivity index (χ3v) is 4.78. The summed E-state index contributed by atoms with van der Waals surface area (Å²) in [7, 11) is 2.15. The molecule has 0 spiro atoms. The number of benzene rings is 2. The fourth-order valence-electron chi connectivity index (χ4n) is 3.66. The van der Waals surface area contributed by atoms with Crippen LogP contribution < -0.4 is 9.80 Å². The second kappa shape index (κ2) is 6.07. The first kappa shape index (κ1) is 15.6. The smallest absolute Gasteiger partial charge is 0.224 e. The summed E-state index contributed by atoms with van der Waals surface area (Å²) in [6, 6.07) is 17.3. The largest absolute Gasteiger partial charge is 0.367 e. The van der Waals surface area contributed by atoms with E-state index in [0.717, 1.165) is 12.1 Å². The lowest BCUT2D eigenvalue weighted by Gasteiger charge is -2.43. The molecule has 0 unspecified atom stereocenters. The van der Waals surface area contributed by atoms with Crippen molar-refractivity contribution in [2.24, 2.45) is 0 Å². The van der Waals surface area contributed by atoms with E-state index in [4.69, 9.17) is 0 Å². The standard InChI is InChI=1S/C20H24N2O/c1-14-8-7-9-17(12-14)21(4)20-13-15(2)22(16(3)23)19-11-6-5-10-18(19)20/h5-12,15,20H,13H2,1-4H3/t15-,20+/m1/s1. The van der Waals surface area contributed by atoms with Crippen LogP contribution in [0.1, 0.15) is 37.4 Å². The number of carbonyl (C=O) groups is 1.